The Morgan fingerprint density at radius 2 is 1.94 bits per heavy atom. The molecule has 0 saturated heterocycles. The Hall–Kier alpha value is -1.95. The SMILES string of the molecule is COCC(=O)N(CCC(=O)O)c1ccc(F)cc1. The third kappa shape index (κ3) is 4.14. The molecule has 0 aliphatic heterocycles. The predicted molar refractivity (Wildman–Crippen MR) is 62.9 cm³/mol. The lowest BCUT2D eigenvalue weighted by molar-refractivity contribution is -0.136. The first-order chi connectivity index (χ1) is 8.54. The summed E-state index contributed by atoms with van der Waals surface area (Å²) in [6, 6.07) is 5.27. The van der Waals surface area contributed by atoms with Crippen LogP contribution in [-0.4, -0.2) is 37.2 Å². The van der Waals surface area contributed by atoms with Crippen LogP contribution in [0.5, 0.6) is 0 Å². The first kappa shape index (κ1) is 14.1. The number of amides is 1. The number of aliphatic carboxylic acids is 1. The van der Waals surface area contributed by atoms with Crippen LogP contribution in [0.1, 0.15) is 6.42 Å². The zero-order chi connectivity index (χ0) is 13.5. The molecule has 0 radical (unpaired) electrons. The van der Waals surface area contributed by atoms with Gasteiger partial charge >= 0.3 is 5.97 Å². The number of hydrogen-bond donors (Lipinski definition) is 1. The van der Waals surface area contributed by atoms with Crippen LogP contribution in [0.25, 0.3) is 0 Å². The summed E-state index contributed by atoms with van der Waals surface area (Å²) in [6.07, 6.45) is -0.188. The third-order valence-corrected chi connectivity index (χ3v) is 2.26. The molecule has 1 N–H and O–H groups in total. The van der Waals surface area contributed by atoms with Crippen molar-refractivity contribution in [1.29, 1.82) is 0 Å². The van der Waals surface area contributed by atoms with E-state index in [0.717, 1.165) is 0 Å². The standard InChI is InChI=1S/C12H14FNO4/c1-18-8-11(15)14(7-6-12(16)17)10-4-2-9(13)3-5-10/h2-5H,6-8H2,1H3,(H,16,17). The average Bonchev–Trinajstić information content (AvgIpc) is 2.31. The van der Waals surface area contributed by atoms with Gasteiger partial charge in [-0.05, 0) is 24.3 Å². The van der Waals surface area contributed by atoms with Gasteiger partial charge in [0.15, 0.2) is 0 Å². The molecule has 0 aliphatic carbocycles. The zero-order valence-electron chi connectivity index (χ0n) is 9.93. The second kappa shape index (κ2) is 6.70. The topological polar surface area (TPSA) is 66.8 Å². The van der Waals surface area contributed by atoms with Crippen molar-refractivity contribution in [2.75, 3.05) is 25.2 Å². The van der Waals surface area contributed by atoms with E-state index in [1.807, 2.05) is 0 Å². The van der Waals surface area contributed by atoms with Crippen LogP contribution in [0.2, 0.25) is 0 Å². The summed E-state index contributed by atoms with van der Waals surface area (Å²) in [4.78, 5) is 23.6. The zero-order valence-corrected chi connectivity index (χ0v) is 9.93. The highest BCUT2D eigenvalue weighted by Gasteiger charge is 2.16. The van der Waals surface area contributed by atoms with E-state index >= 15 is 0 Å². The molecule has 98 valence electrons. The molecule has 6 heteroatoms. The molecule has 0 fully saturated rings. The summed E-state index contributed by atoms with van der Waals surface area (Å²) in [5.41, 5.74) is 0.444. The lowest BCUT2D eigenvalue weighted by Gasteiger charge is -2.21. The van der Waals surface area contributed by atoms with Crippen molar-refractivity contribution in [3.63, 3.8) is 0 Å². The quantitative estimate of drug-likeness (QED) is 0.831. The molecule has 5 nitrogen and oxygen atoms in total. The van der Waals surface area contributed by atoms with E-state index in [0.29, 0.717) is 5.69 Å². The summed E-state index contributed by atoms with van der Waals surface area (Å²) in [5.74, 6) is -1.80. The second-order valence-corrected chi connectivity index (χ2v) is 3.60. The number of nitrogens with zero attached hydrogens (tertiary/aromatic N) is 1. The van der Waals surface area contributed by atoms with Gasteiger partial charge in [-0.2, -0.15) is 0 Å². The lowest BCUT2D eigenvalue weighted by Crippen LogP contribution is -2.35. The maximum Gasteiger partial charge on any atom is 0.305 e. The van der Waals surface area contributed by atoms with Crippen molar-refractivity contribution in [2.45, 2.75) is 6.42 Å². The Balaban J connectivity index is 2.85. The molecule has 0 spiro atoms. The monoisotopic (exact) mass is 255 g/mol. The van der Waals surface area contributed by atoms with E-state index in [4.69, 9.17) is 9.84 Å². The van der Waals surface area contributed by atoms with Gasteiger partial charge in [-0.25, -0.2) is 4.39 Å². The molecule has 1 amide bonds. The van der Waals surface area contributed by atoms with Gasteiger partial charge in [-0.3, -0.25) is 9.59 Å². The average molecular weight is 255 g/mol. The normalized spacial score (nSPS) is 10.1. The Morgan fingerprint density at radius 1 is 1.33 bits per heavy atom. The number of anilines is 1. The number of carboxylic acid groups (broad SMARTS) is 1. The fraction of sp³-hybridized carbons (Fsp3) is 0.333. The van der Waals surface area contributed by atoms with Gasteiger partial charge in [0, 0.05) is 19.3 Å². The van der Waals surface area contributed by atoms with E-state index in [-0.39, 0.29) is 25.5 Å². The largest absolute Gasteiger partial charge is 0.481 e. The number of halogens is 1. The first-order valence-corrected chi connectivity index (χ1v) is 5.31. The van der Waals surface area contributed by atoms with Crippen LogP contribution in [0, 0.1) is 5.82 Å². The minimum atomic E-state index is -1.01. The van der Waals surface area contributed by atoms with Gasteiger partial charge in [0.25, 0.3) is 5.91 Å². The van der Waals surface area contributed by atoms with Crippen LogP contribution in [-0.2, 0) is 14.3 Å². The third-order valence-electron chi connectivity index (χ3n) is 2.26. The Kier molecular flexibility index (Phi) is 5.26. The van der Waals surface area contributed by atoms with E-state index < -0.39 is 11.8 Å². The van der Waals surface area contributed by atoms with Crippen molar-refractivity contribution < 1.29 is 23.8 Å². The molecule has 18 heavy (non-hydrogen) atoms. The molecular weight excluding hydrogens is 241 g/mol. The molecule has 0 saturated carbocycles. The predicted octanol–water partition coefficient (Wildman–Crippen LogP) is 1.28. The van der Waals surface area contributed by atoms with Gasteiger partial charge in [-0.1, -0.05) is 0 Å². The number of methoxy groups -OCH3 is 1. The molecule has 1 rings (SSSR count). The van der Waals surface area contributed by atoms with E-state index in [9.17, 15) is 14.0 Å². The Morgan fingerprint density at radius 3 is 2.44 bits per heavy atom. The number of carboxylic acids is 1. The van der Waals surface area contributed by atoms with Crippen molar-refractivity contribution in [2.24, 2.45) is 0 Å². The number of rotatable bonds is 6. The molecular formula is C12H14FNO4. The molecule has 0 aromatic heterocycles. The Labute approximate surface area is 104 Å². The van der Waals surface area contributed by atoms with Gasteiger partial charge in [0.1, 0.15) is 12.4 Å². The molecule has 0 unspecified atom stereocenters. The van der Waals surface area contributed by atoms with Crippen LogP contribution in [0.3, 0.4) is 0 Å². The van der Waals surface area contributed by atoms with Gasteiger partial charge in [0.2, 0.25) is 0 Å². The molecule has 0 bridgehead atoms. The van der Waals surface area contributed by atoms with Gasteiger partial charge in [-0.15, -0.1) is 0 Å². The summed E-state index contributed by atoms with van der Waals surface area (Å²) in [5, 5.41) is 8.64. The number of carbonyl (C=O) groups is 2. The summed E-state index contributed by atoms with van der Waals surface area (Å²) in [7, 11) is 1.37. The highest BCUT2D eigenvalue weighted by Crippen LogP contribution is 2.15. The minimum absolute atomic E-state index is 0.0170. The van der Waals surface area contributed by atoms with Gasteiger partial charge < -0.3 is 14.7 Å². The maximum absolute atomic E-state index is 12.8. The number of ether oxygens (including phenoxy) is 1. The van der Waals surface area contributed by atoms with Gasteiger partial charge in [0.05, 0.1) is 6.42 Å². The molecule has 0 aliphatic rings. The van der Waals surface area contributed by atoms with Crippen LogP contribution >= 0.6 is 0 Å². The van der Waals surface area contributed by atoms with Crippen molar-refractivity contribution in [3.05, 3.63) is 30.1 Å². The van der Waals surface area contributed by atoms with Crippen LogP contribution in [0.4, 0.5) is 10.1 Å². The number of benzene rings is 1. The summed E-state index contributed by atoms with van der Waals surface area (Å²) >= 11 is 0. The van der Waals surface area contributed by atoms with Crippen LogP contribution in [0.15, 0.2) is 24.3 Å². The fourth-order valence-corrected chi connectivity index (χ4v) is 1.43. The smallest absolute Gasteiger partial charge is 0.305 e. The Bertz CT molecular complexity index is 419. The molecule has 0 atom stereocenters. The van der Waals surface area contributed by atoms with E-state index in [1.54, 1.807) is 0 Å². The fourth-order valence-electron chi connectivity index (χ4n) is 1.43. The van der Waals surface area contributed by atoms with Crippen LogP contribution < -0.4 is 4.90 Å². The number of carbonyl (C=O) groups excluding carboxylic acids is 1. The highest BCUT2D eigenvalue weighted by atomic mass is 19.1. The van der Waals surface area contributed by atoms with Crippen molar-refractivity contribution in [1.82, 2.24) is 0 Å². The van der Waals surface area contributed by atoms with Crippen molar-refractivity contribution in [3.8, 4) is 0 Å². The van der Waals surface area contributed by atoms with E-state index in [1.165, 1.54) is 36.3 Å². The first-order valence-electron chi connectivity index (χ1n) is 5.31. The second-order valence-electron chi connectivity index (χ2n) is 3.60. The highest BCUT2D eigenvalue weighted by molar-refractivity contribution is 5.94. The van der Waals surface area contributed by atoms with Crippen molar-refractivity contribution >= 4 is 17.6 Å². The molecule has 1 aromatic rings. The lowest BCUT2D eigenvalue weighted by atomic mass is 10.2. The number of hydrogen-bond acceptors (Lipinski definition) is 3. The minimum Gasteiger partial charge on any atom is -0.481 e. The maximum atomic E-state index is 12.8. The summed E-state index contributed by atoms with van der Waals surface area (Å²) in [6.45, 7) is -0.139. The molecule has 1 aromatic carbocycles. The summed E-state index contributed by atoms with van der Waals surface area (Å²) < 4.78 is 17.5. The molecule has 0 heterocycles. The van der Waals surface area contributed by atoms with E-state index in [2.05, 4.69) is 0 Å².